The Morgan fingerprint density at radius 3 is 2.41 bits per heavy atom. The lowest BCUT2D eigenvalue weighted by Gasteiger charge is -2.14. The first kappa shape index (κ1) is 20.1. The normalized spacial score (nSPS) is 13.1. The smallest absolute Gasteiger partial charge is 0.342 e. The van der Waals surface area contributed by atoms with Gasteiger partial charge < -0.3 is 14.8 Å². The second-order valence-electron chi connectivity index (χ2n) is 6.32. The molecule has 0 unspecified atom stereocenters. The molecule has 0 radical (unpaired) electrons. The molecule has 0 saturated carbocycles. The van der Waals surface area contributed by atoms with E-state index in [0.717, 1.165) is 16.8 Å². The van der Waals surface area contributed by atoms with Gasteiger partial charge in [-0.1, -0.05) is 42.5 Å². The average molecular weight is 391 g/mol. The lowest BCUT2D eigenvalue weighted by molar-refractivity contribution is -0.145. The van der Waals surface area contributed by atoms with Gasteiger partial charge in [0.2, 0.25) is 5.78 Å². The Morgan fingerprint density at radius 1 is 0.966 bits per heavy atom. The van der Waals surface area contributed by atoms with Crippen molar-refractivity contribution in [2.75, 3.05) is 18.5 Å². The van der Waals surface area contributed by atoms with Crippen molar-refractivity contribution in [3.05, 3.63) is 70.7 Å². The molecule has 0 spiro atoms. The number of ketones is 1. The molecule has 0 amide bonds. The van der Waals surface area contributed by atoms with Gasteiger partial charge in [0.25, 0.3) is 0 Å². The van der Waals surface area contributed by atoms with E-state index in [2.05, 4.69) is 5.32 Å². The number of Topliss-reactive ketones (excluding diaryl/α,β-unsaturated/α-hetero) is 1. The number of anilines is 1. The fourth-order valence-electron chi connectivity index (χ4n) is 3.03. The number of esters is 2. The first-order valence-corrected chi connectivity index (χ1v) is 9.22. The highest BCUT2D eigenvalue weighted by Crippen LogP contribution is 2.18. The molecule has 0 atom stereocenters. The highest BCUT2D eigenvalue weighted by molar-refractivity contribution is 6.39. The first-order valence-electron chi connectivity index (χ1n) is 9.22. The van der Waals surface area contributed by atoms with Gasteiger partial charge in [-0.05, 0) is 30.2 Å². The molecule has 1 aliphatic rings. The number of ether oxygens (including phenoxy) is 2. The van der Waals surface area contributed by atoms with Crippen LogP contribution >= 0.6 is 0 Å². The summed E-state index contributed by atoms with van der Waals surface area (Å²) in [5.41, 5.74) is 2.51. The third-order valence-corrected chi connectivity index (χ3v) is 4.33. The minimum Gasteiger partial charge on any atom is -0.462 e. The highest BCUT2D eigenvalue weighted by atomic mass is 16.5. The maximum Gasteiger partial charge on any atom is 0.342 e. The molecule has 29 heavy (non-hydrogen) atoms. The van der Waals surface area contributed by atoms with Crippen LogP contribution in [-0.4, -0.2) is 30.9 Å². The summed E-state index contributed by atoms with van der Waals surface area (Å²) in [5.74, 6) is -1.96. The van der Waals surface area contributed by atoms with Gasteiger partial charge in [-0.15, -0.1) is 0 Å². The van der Waals surface area contributed by atoms with Crippen LogP contribution in [0.4, 0.5) is 5.69 Å². The van der Waals surface area contributed by atoms with E-state index in [1.165, 1.54) is 6.92 Å². The number of allylic oxidation sites excluding steroid dienone is 1. The van der Waals surface area contributed by atoms with Gasteiger partial charge in [0.1, 0.15) is 5.57 Å². The molecule has 6 nitrogen and oxygen atoms in total. The van der Waals surface area contributed by atoms with E-state index < -0.39 is 24.3 Å². The van der Waals surface area contributed by atoms with Crippen LogP contribution in [0, 0.1) is 0 Å². The number of nitrogens with one attached hydrogen (secondary N) is 1. The summed E-state index contributed by atoms with van der Waals surface area (Å²) in [4.78, 5) is 36.4. The van der Waals surface area contributed by atoms with Crippen molar-refractivity contribution in [1.29, 1.82) is 0 Å². The van der Waals surface area contributed by atoms with E-state index >= 15 is 0 Å². The second kappa shape index (κ2) is 9.01. The summed E-state index contributed by atoms with van der Waals surface area (Å²) in [6, 6.07) is 15.0. The summed E-state index contributed by atoms with van der Waals surface area (Å²) < 4.78 is 9.92. The molecular weight excluding hydrogens is 370 g/mol. The summed E-state index contributed by atoms with van der Waals surface area (Å²) in [6.07, 6.45) is 3.78. The molecule has 1 heterocycles. The first-order chi connectivity index (χ1) is 14.0. The lowest BCUT2D eigenvalue weighted by Crippen LogP contribution is -2.37. The summed E-state index contributed by atoms with van der Waals surface area (Å²) in [7, 11) is 0. The number of carbonyl (C=O) groups excluding carboxylic acids is 3. The van der Waals surface area contributed by atoms with Gasteiger partial charge in [-0.3, -0.25) is 9.59 Å². The Labute approximate surface area is 168 Å². The standard InChI is InChI=1S/C23H21NO5/c1-3-28-23(27)22(21(26)14-29-15(2)25)18-10-7-11-20-19(18)12-17(13-24-20)16-8-5-4-6-9-16/h4-13,24H,3,14H2,1-2H3/b22-18-. The fraction of sp³-hybridized carbons (Fsp3) is 0.174. The van der Waals surface area contributed by atoms with Gasteiger partial charge >= 0.3 is 11.9 Å². The van der Waals surface area contributed by atoms with Gasteiger partial charge in [-0.25, -0.2) is 4.79 Å². The van der Waals surface area contributed by atoms with Crippen molar-refractivity contribution >= 4 is 40.6 Å². The van der Waals surface area contributed by atoms with Crippen molar-refractivity contribution in [3.8, 4) is 0 Å². The van der Waals surface area contributed by atoms with Crippen molar-refractivity contribution in [2.45, 2.75) is 13.8 Å². The molecule has 148 valence electrons. The zero-order chi connectivity index (χ0) is 20.8. The number of benzene rings is 2. The van der Waals surface area contributed by atoms with E-state index in [-0.39, 0.29) is 12.2 Å². The third kappa shape index (κ3) is 4.60. The van der Waals surface area contributed by atoms with Crippen LogP contribution in [0.5, 0.6) is 0 Å². The highest BCUT2D eigenvalue weighted by Gasteiger charge is 2.23. The summed E-state index contributed by atoms with van der Waals surface area (Å²) in [6.45, 7) is 2.46. The van der Waals surface area contributed by atoms with Gasteiger partial charge in [0.15, 0.2) is 6.61 Å². The lowest BCUT2D eigenvalue weighted by atomic mass is 9.99. The molecule has 3 rings (SSSR count). The molecule has 0 saturated heterocycles. The maximum atomic E-state index is 12.7. The predicted octanol–water partition coefficient (Wildman–Crippen LogP) is 1.78. The van der Waals surface area contributed by atoms with Crippen LogP contribution in [0.2, 0.25) is 0 Å². The monoisotopic (exact) mass is 391 g/mol. The molecule has 1 aliphatic heterocycles. The van der Waals surface area contributed by atoms with Crippen LogP contribution in [0.25, 0.3) is 17.2 Å². The molecule has 0 aliphatic carbocycles. The average Bonchev–Trinajstić information content (AvgIpc) is 2.73. The van der Waals surface area contributed by atoms with Crippen LogP contribution in [0.1, 0.15) is 19.4 Å². The van der Waals surface area contributed by atoms with Crippen LogP contribution in [0.15, 0.2) is 54.7 Å². The molecule has 0 fully saturated rings. The van der Waals surface area contributed by atoms with E-state index in [0.29, 0.717) is 10.4 Å². The van der Waals surface area contributed by atoms with E-state index in [9.17, 15) is 14.4 Å². The summed E-state index contributed by atoms with van der Waals surface area (Å²) in [5, 5.41) is 4.32. The summed E-state index contributed by atoms with van der Waals surface area (Å²) >= 11 is 0. The van der Waals surface area contributed by atoms with Crippen molar-refractivity contribution in [1.82, 2.24) is 0 Å². The van der Waals surface area contributed by atoms with Crippen molar-refractivity contribution in [2.24, 2.45) is 0 Å². The number of hydrogen-bond donors (Lipinski definition) is 1. The molecule has 1 N–H and O–H groups in total. The van der Waals surface area contributed by atoms with Crippen molar-refractivity contribution in [3.63, 3.8) is 0 Å². The second-order valence-corrected chi connectivity index (χ2v) is 6.32. The van der Waals surface area contributed by atoms with Gasteiger partial charge in [-0.2, -0.15) is 0 Å². The fourth-order valence-corrected chi connectivity index (χ4v) is 3.03. The Hall–Kier alpha value is -3.67. The molecule has 2 aromatic rings. The van der Waals surface area contributed by atoms with E-state index in [1.807, 2.05) is 48.7 Å². The topological polar surface area (TPSA) is 81.7 Å². The van der Waals surface area contributed by atoms with Crippen molar-refractivity contribution < 1.29 is 23.9 Å². The number of rotatable bonds is 6. The quantitative estimate of drug-likeness (QED) is 0.597. The Bertz CT molecular complexity index is 1100. The van der Waals surface area contributed by atoms with Crippen LogP contribution < -0.4 is 15.8 Å². The number of hydrogen-bond acceptors (Lipinski definition) is 6. The zero-order valence-corrected chi connectivity index (χ0v) is 16.2. The maximum absolute atomic E-state index is 12.7. The number of carbonyl (C=O) groups is 3. The minimum absolute atomic E-state index is 0.120. The molecule has 2 aromatic carbocycles. The van der Waals surface area contributed by atoms with Crippen LogP contribution in [0.3, 0.4) is 0 Å². The largest absolute Gasteiger partial charge is 0.462 e. The van der Waals surface area contributed by atoms with Crippen LogP contribution in [-0.2, 0) is 23.9 Å². The third-order valence-electron chi connectivity index (χ3n) is 4.33. The van der Waals surface area contributed by atoms with E-state index in [4.69, 9.17) is 9.47 Å². The minimum atomic E-state index is -0.748. The Kier molecular flexibility index (Phi) is 6.24. The number of fused-ring (bicyclic) bond motifs is 1. The molecule has 6 heteroatoms. The Balaban J connectivity index is 2.21. The van der Waals surface area contributed by atoms with Gasteiger partial charge in [0.05, 0.1) is 6.61 Å². The predicted molar refractivity (Wildman–Crippen MR) is 110 cm³/mol. The Morgan fingerprint density at radius 2 is 1.72 bits per heavy atom. The van der Waals surface area contributed by atoms with Gasteiger partial charge in [0, 0.05) is 29.2 Å². The SMILES string of the molecule is CCOC(=O)/C(C(=O)COC(C)=O)=c1/cccc2c1=CC(c1ccccc1)=CN2. The molecule has 0 aromatic heterocycles. The van der Waals surface area contributed by atoms with E-state index in [1.54, 1.807) is 19.1 Å². The molecule has 0 bridgehead atoms. The molecular formula is C23H21NO5. The zero-order valence-electron chi connectivity index (χ0n) is 16.2.